The minimum Gasteiger partial charge on any atom is -0.346 e. The summed E-state index contributed by atoms with van der Waals surface area (Å²) in [5.74, 6) is -3.87. The molecule has 1 aliphatic heterocycles. The van der Waals surface area contributed by atoms with Crippen LogP contribution in [0.1, 0.15) is 35.3 Å². The molecule has 3 aromatic rings. The van der Waals surface area contributed by atoms with E-state index in [-0.39, 0.29) is 43.1 Å². The molecule has 15 heteroatoms. The maximum absolute atomic E-state index is 13.8. The Bertz CT molecular complexity index is 1250. The first-order chi connectivity index (χ1) is 17.7. The maximum atomic E-state index is 13.8. The Morgan fingerprint density at radius 1 is 1.08 bits per heavy atom. The van der Waals surface area contributed by atoms with Crippen LogP contribution < -0.4 is 10.6 Å². The molecule has 2 aromatic heterocycles. The van der Waals surface area contributed by atoms with Gasteiger partial charge in [-0.2, -0.15) is 0 Å². The Morgan fingerprint density at radius 2 is 1.81 bits per heavy atom. The first kappa shape index (κ1) is 26.5. The molecule has 37 heavy (non-hydrogen) atoms. The Morgan fingerprint density at radius 3 is 2.54 bits per heavy atom. The van der Waals surface area contributed by atoms with E-state index in [4.69, 9.17) is 11.6 Å². The molecule has 1 fully saturated rings. The number of rotatable bonds is 11. The van der Waals surface area contributed by atoms with Crippen LogP contribution in [0.4, 0.5) is 19.0 Å². The number of benzene rings is 1. The number of carbonyl (C=O) groups is 2. The first-order valence-electron chi connectivity index (χ1n) is 11.6. The van der Waals surface area contributed by atoms with Gasteiger partial charge >= 0.3 is 0 Å². The Balaban J connectivity index is 1.15. The zero-order valence-electron chi connectivity index (χ0n) is 19.7. The standard InChI is InChI=1S/C22H25ClF3N9O2/c23-16-3-4-17(24)15(9-16)10-27-21(37)18-11-34(31-29-18)6-1-2-7-35-12-19(30-32-35)28-20(36)13-33-8-5-22(25,26)14-33/h3-4,9,11-12H,1-2,5-8,10,13-14H2,(H,27,37)(H,28,36). The number of amides is 2. The molecule has 1 saturated heterocycles. The molecule has 11 nitrogen and oxygen atoms in total. The van der Waals surface area contributed by atoms with E-state index in [0.29, 0.717) is 31.0 Å². The van der Waals surface area contributed by atoms with E-state index in [9.17, 15) is 22.8 Å². The number of aryl methyl sites for hydroxylation is 2. The molecule has 3 heterocycles. The number of aromatic nitrogens is 6. The second-order valence-corrected chi connectivity index (χ2v) is 9.16. The summed E-state index contributed by atoms with van der Waals surface area (Å²) in [4.78, 5) is 25.7. The van der Waals surface area contributed by atoms with Crippen LogP contribution in [0.2, 0.25) is 5.02 Å². The van der Waals surface area contributed by atoms with Crippen molar-refractivity contribution in [1.29, 1.82) is 0 Å². The topological polar surface area (TPSA) is 123 Å². The highest BCUT2D eigenvalue weighted by Crippen LogP contribution is 2.26. The van der Waals surface area contributed by atoms with E-state index in [2.05, 4.69) is 31.3 Å². The molecule has 0 saturated carbocycles. The van der Waals surface area contributed by atoms with Gasteiger partial charge in [-0.25, -0.2) is 13.2 Å². The average molecular weight is 540 g/mol. The summed E-state index contributed by atoms with van der Waals surface area (Å²) in [6.45, 7) is 0.614. The summed E-state index contributed by atoms with van der Waals surface area (Å²) in [6, 6.07) is 4.10. The summed E-state index contributed by atoms with van der Waals surface area (Å²) in [7, 11) is 0. The highest BCUT2D eigenvalue weighted by atomic mass is 35.5. The van der Waals surface area contributed by atoms with Crippen LogP contribution >= 0.6 is 11.6 Å². The molecular formula is C22H25ClF3N9O2. The number of nitrogens with zero attached hydrogens (tertiary/aromatic N) is 7. The van der Waals surface area contributed by atoms with Gasteiger partial charge in [0.2, 0.25) is 5.91 Å². The summed E-state index contributed by atoms with van der Waals surface area (Å²) in [6.07, 6.45) is 4.23. The number of alkyl halides is 2. The maximum Gasteiger partial charge on any atom is 0.273 e. The zero-order valence-corrected chi connectivity index (χ0v) is 20.5. The fourth-order valence-corrected chi connectivity index (χ4v) is 3.99. The number of nitrogens with one attached hydrogen (secondary N) is 2. The van der Waals surface area contributed by atoms with Crippen LogP contribution in [0.3, 0.4) is 0 Å². The smallest absolute Gasteiger partial charge is 0.273 e. The number of anilines is 1. The van der Waals surface area contributed by atoms with Crippen LogP contribution in [0.25, 0.3) is 0 Å². The number of likely N-dealkylation sites (tertiary alicyclic amines) is 1. The highest BCUT2D eigenvalue weighted by molar-refractivity contribution is 6.30. The predicted molar refractivity (Wildman–Crippen MR) is 126 cm³/mol. The van der Waals surface area contributed by atoms with Gasteiger partial charge in [0.25, 0.3) is 11.8 Å². The molecule has 0 bridgehead atoms. The van der Waals surface area contributed by atoms with Gasteiger partial charge in [-0.15, -0.1) is 10.2 Å². The Hall–Kier alpha value is -3.52. The van der Waals surface area contributed by atoms with E-state index in [1.807, 2.05) is 0 Å². The lowest BCUT2D eigenvalue weighted by molar-refractivity contribution is -0.117. The number of unbranched alkanes of at least 4 members (excludes halogenated alkanes) is 1. The molecule has 2 amide bonds. The van der Waals surface area contributed by atoms with Crippen LogP contribution in [-0.4, -0.2) is 72.3 Å². The molecule has 2 N–H and O–H groups in total. The van der Waals surface area contributed by atoms with Crippen molar-refractivity contribution >= 4 is 29.2 Å². The lowest BCUT2D eigenvalue weighted by Crippen LogP contribution is -2.33. The van der Waals surface area contributed by atoms with Crippen molar-refractivity contribution < 1.29 is 22.8 Å². The average Bonchev–Trinajstić information content (AvgIpc) is 3.57. The summed E-state index contributed by atoms with van der Waals surface area (Å²) < 4.78 is 43.4. The molecule has 1 aliphatic rings. The fourth-order valence-electron chi connectivity index (χ4n) is 3.80. The summed E-state index contributed by atoms with van der Waals surface area (Å²) in [5, 5.41) is 21.1. The van der Waals surface area contributed by atoms with Crippen molar-refractivity contribution in [3.05, 3.63) is 52.7 Å². The third-order valence-corrected chi connectivity index (χ3v) is 5.90. The summed E-state index contributed by atoms with van der Waals surface area (Å²) in [5.41, 5.74) is 0.372. The molecule has 4 rings (SSSR count). The van der Waals surface area contributed by atoms with E-state index in [1.165, 1.54) is 34.0 Å². The van der Waals surface area contributed by atoms with Crippen LogP contribution in [0.5, 0.6) is 0 Å². The van der Waals surface area contributed by atoms with Crippen molar-refractivity contribution in [1.82, 2.24) is 40.2 Å². The second-order valence-electron chi connectivity index (χ2n) is 8.72. The Labute approximate surface area is 214 Å². The predicted octanol–water partition coefficient (Wildman–Crippen LogP) is 2.35. The van der Waals surface area contributed by atoms with Gasteiger partial charge in [0.05, 0.1) is 25.5 Å². The first-order valence-corrected chi connectivity index (χ1v) is 12.0. The molecule has 0 spiro atoms. The normalized spacial score (nSPS) is 15.1. The molecule has 0 radical (unpaired) electrons. The molecule has 0 aliphatic carbocycles. The molecule has 198 valence electrons. The minimum absolute atomic E-state index is 0.0351. The zero-order chi connectivity index (χ0) is 26.4. The largest absolute Gasteiger partial charge is 0.346 e. The SMILES string of the molecule is O=C(CN1CCC(F)(F)C1)Nc1cn(CCCCn2cc(C(=O)NCc3cc(Cl)ccc3F)nn2)nn1. The molecular weight excluding hydrogens is 515 g/mol. The fraction of sp³-hybridized carbons (Fsp3) is 0.455. The van der Waals surface area contributed by atoms with Crippen molar-refractivity contribution in [2.75, 3.05) is 25.0 Å². The van der Waals surface area contributed by atoms with Crippen LogP contribution in [0, 0.1) is 5.82 Å². The number of halogens is 4. The van der Waals surface area contributed by atoms with E-state index < -0.39 is 30.1 Å². The second kappa shape index (κ2) is 11.7. The number of carbonyl (C=O) groups excluding carboxylic acids is 2. The molecule has 0 atom stereocenters. The molecule has 0 unspecified atom stereocenters. The third-order valence-electron chi connectivity index (χ3n) is 5.66. The van der Waals surface area contributed by atoms with Gasteiger partial charge in [0.15, 0.2) is 11.5 Å². The van der Waals surface area contributed by atoms with E-state index in [0.717, 1.165) is 0 Å². The third kappa shape index (κ3) is 7.73. The van der Waals surface area contributed by atoms with Gasteiger partial charge in [-0.3, -0.25) is 23.9 Å². The van der Waals surface area contributed by atoms with E-state index in [1.54, 1.807) is 10.9 Å². The van der Waals surface area contributed by atoms with E-state index >= 15 is 0 Å². The van der Waals surface area contributed by atoms with Gasteiger partial charge in [-0.05, 0) is 31.0 Å². The van der Waals surface area contributed by atoms with Crippen molar-refractivity contribution in [2.45, 2.75) is 44.8 Å². The van der Waals surface area contributed by atoms with Gasteiger partial charge in [0.1, 0.15) is 5.82 Å². The van der Waals surface area contributed by atoms with Crippen LogP contribution in [0.15, 0.2) is 30.6 Å². The van der Waals surface area contributed by atoms with Crippen LogP contribution in [-0.2, 0) is 24.4 Å². The lowest BCUT2D eigenvalue weighted by atomic mass is 10.2. The van der Waals surface area contributed by atoms with Gasteiger partial charge in [-0.1, -0.05) is 22.0 Å². The molecule has 1 aromatic carbocycles. The van der Waals surface area contributed by atoms with Crippen molar-refractivity contribution in [3.63, 3.8) is 0 Å². The van der Waals surface area contributed by atoms with Gasteiger partial charge < -0.3 is 10.6 Å². The number of hydrogen-bond donors (Lipinski definition) is 2. The monoisotopic (exact) mass is 539 g/mol. The van der Waals surface area contributed by atoms with Crippen molar-refractivity contribution in [2.24, 2.45) is 0 Å². The Kier molecular flexibility index (Phi) is 8.38. The van der Waals surface area contributed by atoms with Crippen molar-refractivity contribution in [3.8, 4) is 0 Å². The number of hydrogen-bond acceptors (Lipinski definition) is 7. The quantitative estimate of drug-likeness (QED) is 0.359. The van der Waals surface area contributed by atoms with Gasteiger partial charge in [0, 0.05) is 43.2 Å². The minimum atomic E-state index is -2.75. The summed E-state index contributed by atoms with van der Waals surface area (Å²) >= 11 is 5.86. The lowest BCUT2D eigenvalue weighted by Gasteiger charge is -2.14. The highest BCUT2D eigenvalue weighted by Gasteiger charge is 2.38.